The fraction of sp³-hybridized carbons (Fsp3) is 0.161. The topological polar surface area (TPSA) is 92.8 Å². The standard InChI is InChI=1S/C31H28N2O5S/c1-21-17-22(2)19-26(18-21)32-30(34)29(24-10-4-3-5-11-24)38-31(35)25-12-8-13-27(20-25)39(36,37)33-16-15-23-9-6-7-14-28(23)33/h3-14,17-20,29H,15-16H2,1-2H3,(H,32,34). The van der Waals surface area contributed by atoms with Gasteiger partial charge in [-0.15, -0.1) is 0 Å². The van der Waals surface area contributed by atoms with Crippen LogP contribution in [0.25, 0.3) is 0 Å². The van der Waals surface area contributed by atoms with Gasteiger partial charge in [-0.3, -0.25) is 9.10 Å². The van der Waals surface area contributed by atoms with Gasteiger partial charge in [0.2, 0.25) is 6.10 Å². The Morgan fingerprint density at radius 3 is 2.28 bits per heavy atom. The zero-order valence-electron chi connectivity index (χ0n) is 21.6. The van der Waals surface area contributed by atoms with E-state index in [0.29, 0.717) is 29.9 Å². The molecule has 1 atom stereocenters. The maximum Gasteiger partial charge on any atom is 0.339 e. The van der Waals surface area contributed by atoms with Gasteiger partial charge in [0.05, 0.1) is 16.1 Å². The number of para-hydroxylation sites is 1. The number of esters is 1. The molecule has 0 saturated heterocycles. The Morgan fingerprint density at radius 2 is 1.54 bits per heavy atom. The number of hydrogen-bond acceptors (Lipinski definition) is 5. The normalized spacial score (nSPS) is 13.4. The number of nitrogens with zero attached hydrogens (tertiary/aromatic N) is 1. The van der Waals surface area contributed by atoms with Crippen molar-refractivity contribution in [3.8, 4) is 0 Å². The third kappa shape index (κ3) is 5.56. The van der Waals surface area contributed by atoms with E-state index in [9.17, 15) is 18.0 Å². The summed E-state index contributed by atoms with van der Waals surface area (Å²) in [6.45, 7) is 4.18. The molecule has 1 aliphatic rings. The zero-order chi connectivity index (χ0) is 27.6. The number of nitrogens with one attached hydrogen (secondary N) is 1. The minimum atomic E-state index is -3.91. The maximum absolute atomic E-state index is 13.5. The Labute approximate surface area is 228 Å². The molecule has 0 bridgehead atoms. The molecule has 0 aliphatic carbocycles. The maximum atomic E-state index is 13.5. The number of ether oxygens (including phenoxy) is 1. The van der Waals surface area contributed by atoms with E-state index in [4.69, 9.17) is 4.74 Å². The second-order valence-electron chi connectivity index (χ2n) is 9.55. The average molecular weight is 541 g/mol. The summed E-state index contributed by atoms with van der Waals surface area (Å²) in [6.07, 6.45) is -0.629. The number of anilines is 2. The molecule has 5 rings (SSSR count). The molecule has 1 unspecified atom stereocenters. The van der Waals surface area contributed by atoms with E-state index in [1.807, 2.05) is 44.2 Å². The Bertz CT molecular complexity index is 1630. The Balaban J connectivity index is 1.41. The summed E-state index contributed by atoms with van der Waals surface area (Å²) in [5.41, 5.74) is 4.67. The van der Waals surface area contributed by atoms with E-state index >= 15 is 0 Å². The Morgan fingerprint density at radius 1 is 0.846 bits per heavy atom. The average Bonchev–Trinajstić information content (AvgIpc) is 3.37. The highest BCUT2D eigenvalue weighted by atomic mass is 32.2. The van der Waals surface area contributed by atoms with Gasteiger partial charge >= 0.3 is 5.97 Å². The van der Waals surface area contributed by atoms with Crippen LogP contribution < -0.4 is 9.62 Å². The van der Waals surface area contributed by atoms with Crippen LogP contribution in [-0.2, 0) is 26.0 Å². The van der Waals surface area contributed by atoms with Crippen molar-refractivity contribution in [2.24, 2.45) is 0 Å². The van der Waals surface area contributed by atoms with Gasteiger partial charge in [-0.05, 0) is 73.4 Å². The molecule has 1 amide bonds. The third-order valence-corrected chi connectivity index (χ3v) is 8.37. The van der Waals surface area contributed by atoms with Gasteiger partial charge in [0.1, 0.15) is 0 Å². The number of sulfonamides is 1. The minimum absolute atomic E-state index is 0.0235. The predicted molar refractivity (Wildman–Crippen MR) is 150 cm³/mol. The predicted octanol–water partition coefficient (Wildman–Crippen LogP) is 5.59. The lowest BCUT2D eigenvalue weighted by Crippen LogP contribution is -2.29. The van der Waals surface area contributed by atoms with E-state index in [-0.39, 0.29) is 10.5 Å². The van der Waals surface area contributed by atoms with Crippen molar-refractivity contribution in [2.75, 3.05) is 16.2 Å². The van der Waals surface area contributed by atoms with E-state index in [1.54, 1.807) is 42.5 Å². The van der Waals surface area contributed by atoms with Crippen LogP contribution >= 0.6 is 0 Å². The largest absolute Gasteiger partial charge is 0.444 e. The van der Waals surface area contributed by atoms with Crippen molar-refractivity contribution in [1.29, 1.82) is 0 Å². The smallest absolute Gasteiger partial charge is 0.339 e. The van der Waals surface area contributed by atoms with Gasteiger partial charge in [-0.2, -0.15) is 0 Å². The van der Waals surface area contributed by atoms with E-state index in [0.717, 1.165) is 16.7 Å². The van der Waals surface area contributed by atoms with E-state index in [2.05, 4.69) is 5.32 Å². The second-order valence-corrected chi connectivity index (χ2v) is 11.4. The zero-order valence-corrected chi connectivity index (χ0v) is 22.4. The molecule has 198 valence electrons. The first-order valence-electron chi connectivity index (χ1n) is 12.6. The first-order valence-corrected chi connectivity index (χ1v) is 14.0. The molecule has 8 heteroatoms. The molecule has 0 radical (unpaired) electrons. The van der Waals surface area contributed by atoms with Gasteiger partial charge in [0.15, 0.2) is 0 Å². The van der Waals surface area contributed by atoms with Crippen molar-refractivity contribution in [3.63, 3.8) is 0 Å². The van der Waals surface area contributed by atoms with Crippen LogP contribution in [0.2, 0.25) is 0 Å². The monoisotopic (exact) mass is 540 g/mol. The van der Waals surface area contributed by atoms with Crippen LogP contribution in [0, 0.1) is 13.8 Å². The van der Waals surface area contributed by atoms with E-state index < -0.39 is 28.0 Å². The van der Waals surface area contributed by atoms with Crippen molar-refractivity contribution >= 4 is 33.3 Å². The lowest BCUT2D eigenvalue weighted by molar-refractivity contribution is -0.125. The quantitative estimate of drug-likeness (QED) is 0.309. The number of amides is 1. The highest BCUT2D eigenvalue weighted by Gasteiger charge is 2.32. The molecule has 39 heavy (non-hydrogen) atoms. The molecular formula is C31H28N2O5S. The van der Waals surface area contributed by atoms with Gasteiger partial charge in [-0.1, -0.05) is 60.7 Å². The summed E-state index contributed by atoms with van der Waals surface area (Å²) in [4.78, 5) is 26.6. The van der Waals surface area contributed by atoms with Gasteiger partial charge in [0.25, 0.3) is 15.9 Å². The van der Waals surface area contributed by atoms with Crippen LogP contribution in [0.15, 0.2) is 102 Å². The first-order chi connectivity index (χ1) is 18.7. The van der Waals surface area contributed by atoms with Crippen molar-refractivity contribution in [1.82, 2.24) is 0 Å². The Hall–Kier alpha value is -4.43. The van der Waals surface area contributed by atoms with Crippen LogP contribution in [-0.4, -0.2) is 26.8 Å². The summed E-state index contributed by atoms with van der Waals surface area (Å²) in [6, 6.07) is 27.4. The van der Waals surface area contributed by atoms with Gasteiger partial charge < -0.3 is 10.1 Å². The highest BCUT2D eigenvalue weighted by Crippen LogP contribution is 2.33. The summed E-state index contributed by atoms with van der Waals surface area (Å²) >= 11 is 0. The number of rotatable bonds is 7. The third-order valence-electron chi connectivity index (χ3n) is 6.56. The number of fused-ring (bicyclic) bond motifs is 1. The molecule has 1 N–H and O–H groups in total. The summed E-state index contributed by atoms with van der Waals surface area (Å²) in [7, 11) is -3.91. The molecule has 0 fully saturated rings. The molecule has 0 aromatic heterocycles. The summed E-state index contributed by atoms with van der Waals surface area (Å²) < 4.78 is 34.0. The molecule has 4 aromatic rings. The second kappa shape index (κ2) is 10.7. The van der Waals surface area contributed by atoms with Gasteiger partial charge in [0, 0.05) is 17.8 Å². The fourth-order valence-electron chi connectivity index (χ4n) is 4.80. The van der Waals surface area contributed by atoms with Crippen molar-refractivity contribution < 1.29 is 22.7 Å². The molecule has 7 nitrogen and oxygen atoms in total. The molecular weight excluding hydrogens is 512 g/mol. The Kier molecular flexibility index (Phi) is 7.21. The number of aryl methyl sites for hydroxylation is 2. The summed E-state index contributed by atoms with van der Waals surface area (Å²) in [5.74, 6) is -1.32. The van der Waals surface area contributed by atoms with E-state index in [1.165, 1.54) is 28.6 Å². The fourth-order valence-corrected chi connectivity index (χ4v) is 6.35. The molecule has 1 aliphatic heterocycles. The van der Waals surface area contributed by atoms with Crippen LogP contribution in [0.5, 0.6) is 0 Å². The molecule has 0 saturated carbocycles. The molecule has 4 aromatic carbocycles. The van der Waals surface area contributed by atoms with Crippen molar-refractivity contribution in [3.05, 3.63) is 125 Å². The number of benzene rings is 4. The molecule has 1 heterocycles. The van der Waals surface area contributed by atoms with Crippen molar-refractivity contribution in [2.45, 2.75) is 31.3 Å². The minimum Gasteiger partial charge on any atom is -0.444 e. The lowest BCUT2D eigenvalue weighted by Gasteiger charge is -2.20. The van der Waals surface area contributed by atoms with Crippen LogP contribution in [0.3, 0.4) is 0 Å². The lowest BCUT2D eigenvalue weighted by atomic mass is 10.1. The first kappa shape index (κ1) is 26.2. The van der Waals surface area contributed by atoms with Gasteiger partial charge in [-0.25, -0.2) is 13.2 Å². The number of hydrogen-bond donors (Lipinski definition) is 1. The van der Waals surface area contributed by atoms with Crippen LogP contribution in [0.4, 0.5) is 11.4 Å². The number of carbonyl (C=O) groups excluding carboxylic acids is 2. The molecule has 0 spiro atoms. The SMILES string of the molecule is Cc1cc(C)cc(NC(=O)C(OC(=O)c2cccc(S(=O)(=O)N3CCc4ccccc43)c2)c2ccccc2)c1. The number of carbonyl (C=O) groups is 2. The highest BCUT2D eigenvalue weighted by molar-refractivity contribution is 7.92. The van der Waals surface area contributed by atoms with Crippen LogP contribution in [0.1, 0.15) is 38.7 Å². The summed E-state index contributed by atoms with van der Waals surface area (Å²) in [5, 5.41) is 2.84.